The van der Waals surface area contributed by atoms with E-state index in [4.69, 9.17) is 4.74 Å². The van der Waals surface area contributed by atoms with E-state index in [1.807, 2.05) is 40.7 Å². The summed E-state index contributed by atoms with van der Waals surface area (Å²) >= 11 is 0. The van der Waals surface area contributed by atoms with Crippen LogP contribution in [0.5, 0.6) is 0 Å². The number of hydrogen-bond donors (Lipinski definition) is 0. The standard InChI is InChI=1S/C11H18O.2C2H6/c1-5-6-7-8-9-12-11(4)10(2)3;2*1-2/h5H,1-2,4,6-9H2,3H3;2*1-2H3. The lowest BCUT2D eigenvalue weighted by Crippen LogP contribution is -1.94. The van der Waals surface area contributed by atoms with Gasteiger partial charge in [0.15, 0.2) is 0 Å². The molecule has 0 spiro atoms. The highest BCUT2D eigenvalue weighted by Crippen LogP contribution is 2.06. The van der Waals surface area contributed by atoms with Gasteiger partial charge in [0.1, 0.15) is 5.76 Å². The van der Waals surface area contributed by atoms with Crippen molar-refractivity contribution >= 4 is 0 Å². The maximum absolute atomic E-state index is 5.32. The lowest BCUT2D eigenvalue weighted by atomic mass is 10.2. The molecule has 16 heavy (non-hydrogen) atoms. The Morgan fingerprint density at radius 2 is 1.56 bits per heavy atom. The molecular formula is C15H30O. The molecule has 0 aliphatic heterocycles. The van der Waals surface area contributed by atoms with E-state index in [0.717, 1.165) is 31.4 Å². The SMILES string of the molecule is C=CCCCCOC(=C)C(=C)C.CC.CC. The Morgan fingerprint density at radius 3 is 1.94 bits per heavy atom. The fourth-order valence-electron chi connectivity index (χ4n) is 0.709. The van der Waals surface area contributed by atoms with E-state index in [0.29, 0.717) is 5.76 Å². The molecule has 1 heteroatoms. The molecule has 0 amide bonds. The zero-order chi connectivity index (χ0) is 13.4. The molecule has 0 fully saturated rings. The molecule has 0 radical (unpaired) electrons. The summed E-state index contributed by atoms with van der Waals surface area (Å²) in [5.41, 5.74) is 0.902. The normalized spacial score (nSPS) is 7.56. The van der Waals surface area contributed by atoms with Gasteiger partial charge in [0, 0.05) is 0 Å². The Labute approximate surface area is 103 Å². The molecule has 0 saturated carbocycles. The van der Waals surface area contributed by atoms with E-state index in [9.17, 15) is 0 Å². The van der Waals surface area contributed by atoms with Crippen molar-refractivity contribution in [3.05, 3.63) is 37.1 Å². The van der Waals surface area contributed by atoms with Crippen LogP contribution in [-0.4, -0.2) is 6.61 Å². The Balaban J connectivity index is -0.000000376. The average molecular weight is 226 g/mol. The fraction of sp³-hybridized carbons (Fsp3) is 0.600. The third kappa shape index (κ3) is 18.7. The van der Waals surface area contributed by atoms with Crippen molar-refractivity contribution in [2.45, 2.75) is 53.9 Å². The molecule has 0 heterocycles. The van der Waals surface area contributed by atoms with Gasteiger partial charge < -0.3 is 4.74 Å². The highest BCUT2D eigenvalue weighted by Gasteiger charge is 1.93. The van der Waals surface area contributed by atoms with Crippen LogP contribution in [0.25, 0.3) is 0 Å². The van der Waals surface area contributed by atoms with E-state index >= 15 is 0 Å². The highest BCUT2D eigenvalue weighted by atomic mass is 16.5. The quantitative estimate of drug-likeness (QED) is 0.241. The maximum Gasteiger partial charge on any atom is 0.114 e. The molecule has 0 aromatic rings. The molecule has 0 bridgehead atoms. The number of unbranched alkanes of at least 4 members (excludes halogenated alkanes) is 2. The van der Waals surface area contributed by atoms with Crippen LogP contribution in [0.2, 0.25) is 0 Å². The van der Waals surface area contributed by atoms with Gasteiger partial charge in [-0.05, 0) is 31.8 Å². The fourth-order valence-corrected chi connectivity index (χ4v) is 0.709. The summed E-state index contributed by atoms with van der Waals surface area (Å²) in [6, 6.07) is 0. The van der Waals surface area contributed by atoms with Gasteiger partial charge in [-0.15, -0.1) is 6.58 Å². The van der Waals surface area contributed by atoms with Crippen molar-refractivity contribution in [3.63, 3.8) is 0 Å². The molecule has 0 aliphatic rings. The number of ether oxygens (including phenoxy) is 1. The summed E-state index contributed by atoms with van der Waals surface area (Å²) in [6.45, 7) is 21.7. The second-order valence-electron chi connectivity index (χ2n) is 2.84. The first-order valence-electron chi connectivity index (χ1n) is 6.27. The van der Waals surface area contributed by atoms with Crippen LogP contribution in [0, 0.1) is 0 Å². The molecular weight excluding hydrogens is 196 g/mol. The van der Waals surface area contributed by atoms with Crippen LogP contribution in [0.4, 0.5) is 0 Å². The third-order valence-electron chi connectivity index (χ3n) is 1.55. The van der Waals surface area contributed by atoms with Crippen LogP contribution in [0.3, 0.4) is 0 Å². The third-order valence-corrected chi connectivity index (χ3v) is 1.55. The summed E-state index contributed by atoms with van der Waals surface area (Å²) in [5.74, 6) is 0.702. The lowest BCUT2D eigenvalue weighted by Gasteiger charge is -2.07. The Hall–Kier alpha value is -0.980. The predicted octanol–water partition coefficient (Wildman–Crippen LogP) is 5.50. The Morgan fingerprint density at radius 1 is 1.06 bits per heavy atom. The van der Waals surface area contributed by atoms with Crippen LogP contribution < -0.4 is 0 Å². The predicted molar refractivity (Wildman–Crippen MR) is 76.7 cm³/mol. The van der Waals surface area contributed by atoms with E-state index in [1.165, 1.54) is 0 Å². The smallest absolute Gasteiger partial charge is 0.114 e. The van der Waals surface area contributed by atoms with E-state index in [2.05, 4.69) is 19.7 Å². The van der Waals surface area contributed by atoms with Gasteiger partial charge in [-0.25, -0.2) is 0 Å². The van der Waals surface area contributed by atoms with Crippen LogP contribution in [0.1, 0.15) is 53.9 Å². The van der Waals surface area contributed by atoms with Gasteiger partial charge in [0.2, 0.25) is 0 Å². The van der Waals surface area contributed by atoms with Gasteiger partial charge >= 0.3 is 0 Å². The minimum absolute atomic E-state index is 0.702. The van der Waals surface area contributed by atoms with Crippen molar-refractivity contribution in [1.82, 2.24) is 0 Å². The summed E-state index contributed by atoms with van der Waals surface area (Å²) in [6.07, 6.45) is 5.17. The molecule has 1 nitrogen and oxygen atoms in total. The van der Waals surface area contributed by atoms with Crippen LogP contribution >= 0.6 is 0 Å². The lowest BCUT2D eigenvalue weighted by molar-refractivity contribution is 0.215. The average Bonchev–Trinajstić information content (AvgIpc) is 2.33. The van der Waals surface area contributed by atoms with Crippen molar-refractivity contribution in [1.29, 1.82) is 0 Å². The van der Waals surface area contributed by atoms with Gasteiger partial charge in [-0.3, -0.25) is 0 Å². The molecule has 0 saturated heterocycles. The first-order chi connectivity index (χ1) is 7.68. The van der Waals surface area contributed by atoms with E-state index < -0.39 is 0 Å². The van der Waals surface area contributed by atoms with E-state index in [1.54, 1.807) is 0 Å². The minimum Gasteiger partial charge on any atom is -0.494 e. The molecule has 0 rings (SSSR count). The Bertz CT molecular complexity index is 168. The van der Waals surface area contributed by atoms with Crippen molar-refractivity contribution < 1.29 is 4.74 Å². The summed E-state index contributed by atoms with van der Waals surface area (Å²) < 4.78 is 5.32. The van der Waals surface area contributed by atoms with Crippen molar-refractivity contribution in [2.24, 2.45) is 0 Å². The minimum atomic E-state index is 0.702. The zero-order valence-electron chi connectivity index (χ0n) is 11.9. The van der Waals surface area contributed by atoms with Gasteiger partial charge in [-0.2, -0.15) is 0 Å². The van der Waals surface area contributed by atoms with Gasteiger partial charge in [0.05, 0.1) is 6.61 Å². The Kier molecular flexibility index (Phi) is 25.0. The maximum atomic E-state index is 5.32. The molecule has 0 aromatic heterocycles. The van der Waals surface area contributed by atoms with E-state index in [-0.39, 0.29) is 0 Å². The zero-order valence-corrected chi connectivity index (χ0v) is 11.9. The monoisotopic (exact) mass is 226 g/mol. The van der Waals surface area contributed by atoms with Gasteiger partial charge in [0.25, 0.3) is 0 Å². The molecule has 0 aromatic carbocycles. The number of rotatable bonds is 7. The molecule has 0 unspecified atom stereocenters. The highest BCUT2D eigenvalue weighted by molar-refractivity contribution is 5.15. The second kappa shape index (κ2) is 19.6. The first kappa shape index (κ1) is 20.4. The van der Waals surface area contributed by atoms with Gasteiger partial charge in [-0.1, -0.05) is 46.9 Å². The summed E-state index contributed by atoms with van der Waals surface area (Å²) in [7, 11) is 0. The largest absolute Gasteiger partial charge is 0.494 e. The number of allylic oxidation sites excluding steroid dienone is 2. The van der Waals surface area contributed by atoms with Crippen molar-refractivity contribution in [2.75, 3.05) is 6.61 Å². The molecule has 0 N–H and O–H groups in total. The molecule has 96 valence electrons. The topological polar surface area (TPSA) is 9.23 Å². The van der Waals surface area contributed by atoms with Crippen LogP contribution in [-0.2, 0) is 4.74 Å². The molecule has 0 atom stereocenters. The summed E-state index contributed by atoms with van der Waals surface area (Å²) in [4.78, 5) is 0. The van der Waals surface area contributed by atoms with Crippen LogP contribution in [0.15, 0.2) is 37.1 Å². The van der Waals surface area contributed by atoms with Crippen molar-refractivity contribution in [3.8, 4) is 0 Å². The summed E-state index contributed by atoms with van der Waals surface area (Å²) in [5, 5.41) is 0. The second-order valence-corrected chi connectivity index (χ2v) is 2.84. The molecule has 0 aliphatic carbocycles. The number of hydrogen-bond acceptors (Lipinski definition) is 1. The first-order valence-corrected chi connectivity index (χ1v) is 6.27.